The van der Waals surface area contributed by atoms with Crippen LogP contribution in [0.15, 0.2) is 59.4 Å². The molecule has 0 heterocycles. The molecule has 0 unspecified atom stereocenters. The summed E-state index contributed by atoms with van der Waals surface area (Å²) >= 11 is 0. The number of ether oxygens (including phenoxy) is 3. The summed E-state index contributed by atoms with van der Waals surface area (Å²) < 4.78 is 16.0. The van der Waals surface area contributed by atoms with Crippen molar-refractivity contribution in [3.8, 4) is 11.8 Å². The van der Waals surface area contributed by atoms with Crippen LogP contribution < -0.4 is 0 Å². The van der Waals surface area contributed by atoms with Crippen molar-refractivity contribution < 1.29 is 28.6 Å². The number of hydrogen-bond donors (Lipinski definition) is 0. The topological polar surface area (TPSA) is 78.9 Å². The van der Waals surface area contributed by atoms with Crippen LogP contribution in [0.1, 0.15) is 131 Å². The third kappa shape index (κ3) is 27.3. The molecule has 0 aromatic rings. The molecular weight excluding hydrogens is 540 g/mol. The van der Waals surface area contributed by atoms with E-state index < -0.39 is 18.0 Å². The van der Waals surface area contributed by atoms with Gasteiger partial charge in [-0.2, -0.15) is 0 Å². The van der Waals surface area contributed by atoms with E-state index in [0.717, 1.165) is 49.7 Å². The van der Waals surface area contributed by atoms with Gasteiger partial charge in [0.1, 0.15) is 6.10 Å². The van der Waals surface area contributed by atoms with Crippen LogP contribution in [0.2, 0.25) is 0 Å². The molecule has 0 radical (unpaired) electrons. The molecule has 0 aromatic heterocycles. The number of unbranched alkanes of at least 4 members (excludes halogenated alkanes) is 8. The minimum absolute atomic E-state index is 0.104. The van der Waals surface area contributed by atoms with E-state index in [2.05, 4.69) is 43.1 Å². The third-order valence-electron chi connectivity index (χ3n) is 6.35. The lowest BCUT2D eigenvalue weighted by Crippen LogP contribution is -2.21. The first kappa shape index (κ1) is 39.7. The molecule has 0 aliphatic carbocycles. The molecule has 0 saturated carbocycles. The molecule has 0 N–H and O–H groups in total. The number of esters is 3. The van der Waals surface area contributed by atoms with Crippen LogP contribution in [0.5, 0.6) is 0 Å². The van der Waals surface area contributed by atoms with E-state index in [1.165, 1.54) is 52.2 Å². The molecule has 0 saturated heterocycles. The van der Waals surface area contributed by atoms with Crippen LogP contribution in [0, 0.1) is 11.8 Å². The lowest BCUT2D eigenvalue weighted by Gasteiger charge is -2.19. The zero-order valence-corrected chi connectivity index (χ0v) is 27.7. The van der Waals surface area contributed by atoms with Crippen molar-refractivity contribution in [1.82, 2.24) is 0 Å². The Labute approximate surface area is 261 Å². The normalized spacial score (nSPS) is 12.5. The highest BCUT2D eigenvalue weighted by molar-refractivity contribution is 5.69. The fraction of sp³-hybridized carbons (Fsp3) is 0.595. The minimum Gasteiger partial charge on any atom is -0.465 e. The van der Waals surface area contributed by atoms with Gasteiger partial charge in [0.15, 0.2) is 0 Å². The predicted molar refractivity (Wildman–Crippen MR) is 176 cm³/mol. The van der Waals surface area contributed by atoms with Gasteiger partial charge in [-0.1, -0.05) is 86.8 Å². The Morgan fingerprint density at radius 1 is 0.767 bits per heavy atom. The van der Waals surface area contributed by atoms with Crippen molar-refractivity contribution in [2.45, 2.75) is 138 Å². The Kier molecular flexibility index (Phi) is 25.4. The highest BCUT2D eigenvalue weighted by Gasteiger charge is 2.18. The molecule has 43 heavy (non-hydrogen) atoms. The molecular formula is C37H56O6. The maximum atomic E-state index is 12.3. The number of carbonyl (C=O) groups excluding carboxylic acids is 3. The zero-order chi connectivity index (χ0) is 32.1. The monoisotopic (exact) mass is 596 g/mol. The van der Waals surface area contributed by atoms with Gasteiger partial charge in [-0.15, -0.1) is 0 Å². The van der Waals surface area contributed by atoms with Crippen LogP contribution in [-0.4, -0.2) is 30.6 Å². The molecule has 240 valence electrons. The smallest absolute Gasteiger partial charge is 0.307 e. The van der Waals surface area contributed by atoms with Crippen molar-refractivity contribution >= 4 is 17.9 Å². The van der Waals surface area contributed by atoms with Gasteiger partial charge >= 0.3 is 17.9 Å². The highest BCUT2D eigenvalue weighted by Crippen LogP contribution is 2.18. The van der Waals surface area contributed by atoms with Crippen LogP contribution in [0.25, 0.3) is 0 Å². The summed E-state index contributed by atoms with van der Waals surface area (Å²) in [6.07, 6.45) is 26.7. The van der Waals surface area contributed by atoms with E-state index in [9.17, 15) is 14.4 Å². The second kappa shape index (κ2) is 27.5. The molecule has 0 fully saturated rings. The molecule has 0 bridgehead atoms. The van der Waals surface area contributed by atoms with E-state index >= 15 is 0 Å². The molecule has 0 rings (SSSR count). The molecule has 0 spiro atoms. The Morgan fingerprint density at radius 3 is 2.05 bits per heavy atom. The second-order valence-corrected chi connectivity index (χ2v) is 11.0. The number of hydrogen-bond acceptors (Lipinski definition) is 6. The fourth-order valence-corrected chi connectivity index (χ4v) is 3.99. The average molecular weight is 597 g/mol. The Morgan fingerprint density at radius 2 is 1.42 bits per heavy atom. The maximum absolute atomic E-state index is 12.3. The molecule has 1 atom stereocenters. The highest BCUT2D eigenvalue weighted by atomic mass is 16.6. The summed E-state index contributed by atoms with van der Waals surface area (Å²) in [6.45, 7) is 10.8. The van der Waals surface area contributed by atoms with Crippen molar-refractivity contribution in [1.29, 1.82) is 0 Å². The van der Waals surface area contributed by atoms with E-state index in [0.29, 0.717) is 18.4 Å². The van der Waals surface area contributed by atoms with Gasteiger partial charge in [0.25, 0.3) is 0 Å². The Bertz CT molecular complexity index is 1010. The van der Waals surface area contributed by atoms with Crippen molar-refractivity contribution in [3.63, 3.8) is 0 Å². The zero-order valence-electron chi connectivity index (χ0n) is 27.7. The lowest BCUT2D eigenvalue weighted by atomic mass is 10.0. The molecule has 0 aliphatic heterocycles. The Balaban J connectivity index is 4.52. The van der Waals surface area contributed by atoms with Gasteiger partial charge in [-0.3, -0.25) is 14.4 Å². The summed E-state index contributed by atoms with van der Waals surface area (Å²) in [5.41, 5.74) is 2.48. The maximum Gasteiger partial charge on any atom is 0.307 e. The summed E-state index contributed by atoms with van der Waals surface area (Å²) in [5.74, 6) is 4.81. The molecule has 0 amide bonds. The van der Waals surface area contributed by atoms with Crippen LogP contribution in [0.4, 0.5) is 0 Å². The Hall–Kier alpha value is -3.33. The van der Waals surface area contributed by atoms with E-state index in [1.54, 1.807) is 0 Å². The third-order valence-corrected chi connectivity index (χ3v) is 6.35. The quantitative estimate of drug-likeness (QED) is 0.0309. The number of allylic oxidation sites excluding steroid dienone is 7. The van der Waals surface area contributed by atoms with Crippen molar-refractivity contribution in [3.05, 3.63) is 59.4 Å². The van der Waals surface area contributed by atoms with Gasteiger partial charge in [0, 0.05) is 38.7 Å². The molecule has 6 heteroatoms. The standard InChI is InChI=1S/C37H56O6/c1-7-8-9-10-11-12-13-14-15-16-17-18-19-20-21-25-37(40)41-29-28-35(30-42-33(5)38)36(43-34(6)39)27-26-32(4)24-22-23-31(2)3/h11-12,14-15,23,26,30,36H,7-10,13,16-21,25,27-29H2,1-6H3/b12-11+,15-14+,32-26+,35-30-/t36-/m0/s1. The summed E-state index contributed by atoms with van der Waals surface area (Å²) in [4.78, 5) is 35.5. The first-order valence-electron chi connectivity index (χ1n) is 16.0. The fourth-order valence-electron chi connectivity index (χ4n) is 3.99. The van der Waals surface area contributed by atoms with Gasteiger partial charge in [0.05, 0.1) is 12.9 Å². The summed E-state index contributed by atoms with van der Waals surface area (Å²) in [7, 11) is 0. The van der Waals surface area contributed by atoms with Crippen LogP contribution in [0.3, 0.4) is 0 Å². The minimum atomic E-state index is -0.669. The van der Waals surface area contributed by atoms with Crippen molar-refractivity contribution in [2.75, 3.05) is 6.61 Å². The van der Waals surface area contributed by atoms with Crippen molar-refractivity contribution in [2.24, 2.45) is 0 Å². The molecule has 6 nitrogen and oxygen atoms in total. The van der Waals surface area contributed by atoms with Gasteiger partial charge < -0.3 is 14.2 Å². The second-order valence-electron chi connectivity index (χ2n) is 11.0. The summed E-state index contributed by atoms with van der Waals surface area (Å²) in [6, 6.07) is 0. The average Bonchev–Trinajstić information content (AvgIpc) is 2.94. The van der Waals surface area contributed by atoms with Gasteiger partial charge in [0.2, 0.25) is 0 Å². The van der Waals surface area contributed by atoms with Crippen LogP contribution in [-0.2, 0) is 28.6 Å². The van der Waals surface area contributed by atoms with E-state index in [1.807, 2.05) is 32.9 Å². The van der Waals surface area contributed by atoms with Crippen LogP contribution >= 0.6 is 0 Å². The first-order chi connectivity index (χ1) is 20.6. The SMILES string of the molecule is CCCCC/C=C/C/C=C/CCCCCCCC(=O)OCC/C(=C/OC(C)=O)[C@H](C/C=C(\C)C#CC=C(C)C)OC(C)=O. The molecule has 0 aliphatic rings. The van der Waals surface area contributed by atoms with Gasteiger partial charge in [-0.05, 0) is 70.9 Å². The lowest BCUT2D eigenvalue weighted by molar-refractivity contribution is -0.146. The number of rotatable bonds is 22. The largest absolute Gasteiger partial charge is 0.465 e. The predicted octanol–water partition coefficient (Wildman–Crippen LogP) is 9.42. The molecule has 0 aromatic carbocycles. The first-order valence-corrected chi connectivity index (χ1v) is 16.0. The van der Waals surface area contributed by atoms with E-state index in [-0.39, 0.29) is 19.0 Å². The van der Waals surface area contributed by atoms with Gasteiger partial charge in [-0.25, -0.2) is 0 Å². The number of carbonyl (C=O) groups is 3. The van der Waals surface area contributed by atoms with E-state index in [4.69, 9.17) is 14.2 Å². The summed E-state index contributed by atoms with van der Waals surface area (Å²) in [5, 5.41) is 0.